The van der Waals surface area contributed by atoms with Crippen LogP contribution in [0.3, 0.4) is 0 Å². The van der Waals surface area contributed by atoms with Gasteiger partial charge in [0.25, 0.3) is 11.8 Å². The fraction of sp³-hybridized carbons (Fsp3) is 0.422. The van der Waals surface area contributed by atoms with Crippen molar-refractivity contribution < 1.29 is 24.0 Å². The lowest BCUT2D eigenvalue weighted by molar-refractivity contribution is -0.136. The van der Waals surface area contributed by atoms with Gasteiger partial charge in [-0.25, -0.2) is 4.52 Å². The number of piperazine rings is 1. The number of benzene rings is 1. The van der Waals surface area contributed by atoms with Gasteiger partial charge in [-0.2, -0.15) is 10.4 Å². The summed E-state index contributed by atoms with van der Waals surface area (Å²) >= 11 is 1.57. The molecule has 0 bridgehead atoms. The molecule has 1 aromatic carbocycles. The number of pyridine rings is 1. The minimum atomic E-state index is -0.996. The number of nitrogens with one attached hydrogen (secondary N) is 2. The summed E-state index contributed by atoms with van der Waals surface area (Å²) in [5, 5.41) is 30.1. The van der Waals surface area contributed by atoms with Crippen molar-refractivity contribution >= 4 is 62.9 Å². The van der Waals surface area contributed by atoms with Gasteiger partial charge in [0.2, 0.25) is 22.9 Å². The Bertz CT molecular complexity index is 2720. The van der Waals surface area contributed by atoms with Gasteiger partial charge in [0.15, 0.2) is 5.01 Å². The maximum absolute atomic E-state index is 13.5. The van der Waals surface area contributed by atoms with Crippen molar-refractivity contribution in [3.63, 3.8) is 0 Å². The molecule has 5 amide bonds. The summed E-state index contributed by atoms with van der Waals surface area (Å²) in [6.45, 7) is 6.50. The summed E-state index contributed by atoms with van der Waals surface area (Å²) in [6.07, 6.45) is 7.76. The second-order valence-corrected chi connectivity index (χ2v) is 18.1. The molecule has 4 fully saturated rings. The van der Waals surface area contributed by atoms with Crippen molar-refractivity contribution in [3.8, 4) is 28.0 Å². The molecule has 0 aliphatic carbocycles. The summed E-state index contributed by atoms with van der Waals surface area (Å²) in [5.41, 5.74) is 6.02. The van der Waals surface area contributed by atoms with Crippen LogP contribution in [0.25, 0.3) is 27.5 Å². The molecule has 1 atom stereocenters. The van der Waals surface area contributed by atoms with Crippen LogP contribution in [0.1, 0.15) is 64.8 Å². The van der Waals surface area contributed by atoms with Gasteiger partial charge in [-0.3, -0.25) is 44.1 Å². The van der Waals surface area contributed by atoms with E-state index in [4.69, 9.17) is 4.98 Å². The lowest BCUT2D eigenvalue weighted by Gasteiger charge is -2.41. The van der Waals surface area contributed by atoms with Crippen LogP contribution in [-0.2, 0) is 14.4 Å². The highest BCUT2D eigenvalue weighted by atomic mass is 32.1. The Kier molecular flexibility index (Phi) is 11.0. The number of likely N-dealkylation sites (tertiary alicyclic amines) is 1. The Morgan fingerprint density at radius 1 is 0.828 bits per heavy atom. The first-order chi connectivity index (χ1) is 31.1. The van der Waals surface area contributed by atoms with Gasteiger partial charge in [-0.1, -0.05) is 11.3 Å². The van der Waals surface area contributed by atoms with Crippen LogP contribution in [0, 0.1) is 23.2 Å². The van der Waals surface area contributed by atoms with E-state index < -0.39 is 29.7 Å². The zero-order chi connectivity index (χ0) is 44.1. The van der Waals surface area contributed by atoms with Gasteiger partial charge in [-0.15, -0.1) is 10.2 Å². The maximum atomic E-state index is 13.5. The molecule has 9 heterocycles. The molecule has 2 N–H and O–H groups in total. The van der Waals surface area contributed by atoms with E-state index >= 15 is 0 Å². The lowest BCUT2D eigenvalue weighted by Crippen LogP contribution is -2.54. The predicted octanol–water partition coefficient (Wildman–Crippen LogP) is 3.51. The summed E-state index contributed by atoms with van der Waals surface area (Å²) in [5.74, 6) is -0.687. The molecule has 5 aliphatic heterocycles. The Morgan fingerprint density at radius 3 is 2.31 bits per heavy atom. The van der Waals surface area contributed by atoms with Gasteiger partial charge < -0.3 is 20.0 Å². The highest BCUT2D eigenvalue weighted by Crippen LogP contribution is 2.39. The fourth-order valence-corrected chi connectivity index (χ4v) is 10.9. The minimum absolute atomic E-state index is 0.0761. The first-order valence-electron chi connectivity index (χ1n) is 21.9. The van der Waals surface area contributed by atoms with Gasteiger partial charge in [-0.05, 0) is 86.4 Å². The molecule has 18 nitrogen and oxygen atoms in total. The SMILES string of the molecule is CNc1cc(-c2ccc3cc(C#N)cnn23)ncc1-c1nnc(N2CCC(C3CCN(C(=O)CN4CCN(c5ccc6c(c5)C(=O)N(C5CCC(=O)NC5=O)C6=O)CC4)CC3)CC2)s1. The van der Waals surface area contributed by atoms with E-state index in [1.54, 1.807) is 40.2 Å². The number of hydrogen-bond donors (Lipinski definition) is 2. The standard InChI is InChI=1S/C45H47N13O5S/c1-47-35-22-36(37-5-3-31-20-27(23-46)24-49-58(31)37)48-25-34(35)42-51-52-45(64-42)56-14-10-29(11-15-56)28-8-12-55(13-9-28)40(60)26-53-16-18-54(19-17-53)30-2-4-32-33(21-30)44(63)57(43(32)62)38-6-7-39(59)50-41(38)61/h2-5,20-22,24-25,28-29,38H,6-19,26H2,1H3,(H,47,48)(H,50,59,61). The van der Waals surface area contributed by atoms with E-state index in [1.165, 1.54) is 0 Å². The Balaban J connectivity index is 0.677. The van der Waals surface area contributed by atoms with Gasteiger partial charge in [0.1, 0.15) is 12.1 Å². The highest BCUT2D eigenvalue weighted by molar-refractivity contribution is 7.18. The fourth-order valence-electron chi connectivity index (χ4n) is 9.97. The molecule has 10 rings (SSSR count). The third-order valence-corrected chi connectivity index (χ3v) is 14.6. The molecule has 328 valence electrons. The molecular formula is C45H47N13O5S. The molecule has 0 saturated carbocycles. The predicted molar refractivity (Wildman–Crippen MR) is 238 cm³/mol. The third-order valence-electron chi connectivity index (χ3n) is 13.6. The zero-order valence-corrected chi connectivity index (χ0v) is 36.2. The smallest absolute Gasteiger partial charge is 0.262 e. The van der Waals surface area contributed by atoms with E-state index in [0.717, 1.165) is 101 Å². The van der Waals surface area contributed by atoms with Crippen LogP contribution >= 0.6 is 11.3 Å². The molecule has 64 heavy (non-hydrogen) atoms. The zero-order valence-electron chi connectivity index (χ0n) is 35.4. The Morgan fingerprint density at radius 2 is 1.58 bits per heavy atom. The van der Waals surface area contributed by atoms with Gasteiger partial charge in [0, 0.05) is 83.4 Å². The molecule has 0 radical (unpaired) electrons. The van der Waals surface area contributed by atoms with E-state index in [-0.39, 0.29) is 29.9 Å². The number of amides is 5. The number of nitrogens with zero attached hydrogens (tertiary/aromatic N) is 11. The number of rotatable bonds is 9. The Hall–Kier alpha value is -6.78. The van der Waals surface area contributed by atoms with Crippen LogP contribution in [0.15, 0.2) is 54.9 Å². The molecule has 0 spiro atoms. The maximum Gasteiger partial charge on any atom is 0.262 e. The van der Waals surface area contributed by atoms with Crippen LogP contribution in [0.5, 0.6) is 0 Å². The number of imide groups is 2. The van der Waals surface area contributed by atoms with Crippen molar-refractivity contribution in [1.82, 2.24) is 44.8 Å². The second kappa shape index (κ2) is 17.1. The van der Waals surface area contributed by atoms with Crippen molar-refractivity contribution in [3.05, 3.63) is 71.5 Å². The van der Waals surface area contributed by atoms with E-state index in [2.05, 4.69) is 46.7 Å². The van der Waals surface area contributed by atoms with Crippen LogP contribution in [0.4, 0.5) is 16.5 Å². The summed E-state index contributed by atoms with van der Waals surface area (Å²) in [6, 6.07) is 14.0. The van der Waals surface area contributed by atoms with E-state index in [0.29, 0.717) is 50.1 Å². The molecule has 4 aromatic heterocycles. The largest absolute Gasteiger partial charge is 0.387 e. The number of fused-ring (bicyclic) bond motifs is 2. The van der Waals surface area contributed by atoms with Crippen molar-refractivity contribution in [2.24, 2.45) is 11.8 Å². The summed E-state index contributed by atoms with van der Waals surface area (Å²) < 4.78 is 1.78. The van der Waals surface area contributed by atoms with Crippen molar-refractivity contribution in [1.29, 1.82) is 5.26 Å². The number of carbonyl (C=O) groups is 5. The quantitative estimate of drug-likeness (QED) is 0.204. The van der Waals surface area contributed by atoms with Crippen molar-refractivity contribution in [2.75, 3.05) is 81.1 Å². The number of hydrogen-bond acceptors (Lipinski definition) is 15. The molecule has 19 heteroatoms. The number of anilines is 3. The average molecular weight is 882 g/mol. The second-order valence-electron chi connectivity index (χ2n) is 17.1. The monoisotopic (exact) mass is 881 g/mol. The summed E-state index contributed by atoms with van der Waals surface area (Å²) in [4.78, 5) is 78.5. The first-order valence-corrected chi connectivity index (χ1v) is 22.7. The average Bonchev–Trinajstić information content (AvgIpc) is 4.05. The number of aromatic nitrogens is 5. The minimum Gasteiger partial charge on any atom is -0.387 e. The van der Waals surface area contributed by atoms with Crippen LogP contribution in [0.2, 0.25) is 0 Å². The lowest BCUT2D eigenvalue weighted by atomic mass is 9.79. The molecular weight excluding hydrogens is 835 g/mol. The number of piperidine rings is 3. The van der Waals surface area contributed by atoms with Gasteiger partial charge >= 0.3 is 0 Å². The highest BCUT2D eigenvalue weighted by Gasteiger charge is 2.45. The van der Waals surface area contributed by atoms with E-state index in [9.17, 15) is 29.2 Å². The topological polar surface area (TPSA) is 205 Å². The third kappa shape index (κ3) is 7.70. The van der Waals surface area contributed by atoms with E-state index in [1.807, 2.05) is 42.4 Å². The first kappa shape index (κ1) is 41.2. The molecule has 1 unspecified atom stereocenters. The van der Waals surface area contributed by atoms with Gasteiger partial charge in [0.05, 0.1) is 51.9 Å². The number of carbonyl (C=O) groups excluding carboxylic acids is 5. The Labute approximate surface area is 372 Å². The van der Waals surface area contributed by atoms with Crippen molar-refractivity contribution in [2.45, 2.75) is 44.6 Å². The molecule has 5 aromatic rings. The van der Waals surface area contributed by atoms with Crippen LogP contribution < -0.4 is 20.4 Å². The number of nitriles is 1. The summed E-state index contributed by atoms with van der Waals surface area (Å²) in [7, 11) is 1.88. The normalized spacial score (nSPS) is 20.2. The molecule has 5 aliphatic rings. The van der Waals surface area contributed by atoms with Crippen LogP contribution in [-0.4, -0.2) is 141 Å². The molecule has 4 saturated heterocycles.